The zero-order chi connectivity index (χ0) is 15.3. The van der Waals surface area contributed by atoms with Crippen LogP contribution < -0.4 is 10.6 Å². The maximum atomic E-state index is 11.7. The van der Waals surface area contributed by atoms with Crippen molar-refractivity contribution in [2.45, 2.75) is 70.7 Å². The van der Waals surface area contributed by atoms with Gasteiger partial charge in [-0.1, -0.05) is 0 Å². The van der Waals surface area contributed by atoms with Crippen molar-refractivity contribution >= 4 is 17.4 Å². The highest BCUT2D eigenvalue weighted by Crippen LogP contribution is 2.20. The molecule has 1 saturated carbocycles. The summed E-state index contributed by atoms with van der Waals surface area (Å²) in [6.07, 6.45) is 5.77. The first-order valence-corrected chi connectivity index (χ1v) is 8.40. The van der Waals surface area contributed by atoms with Crippen molar-refractivity contribution in [3.63, 3.8) is 0 Å². The van der Waals surface area contributed by atoms with Crippen LogP contribution in [0, 0.1) is 0 Å². The molecule has 0 atom stereocenters. The Bertz CT molecular complexity index is 434. The topological polar surface area (TPSA) is 63.2 Å². The predicted molar refractivity (Wildman–Crippen MR) is 84.4 cm³/mol. The highest BCUT2D eigenvalue weighted by atomic mass is 32.1. The van der Waals surface area contributed by atoms with Crippen LogP contribution in [-0.2, 0) is 11.3 Å². The molecule has 6 heteroatoms. The number of hydrogen-bond acceptors (Lipinski definition) is 5. The number of carbonyl (C=O) groups excluding carboxylic acids is 1. The highest BCUT2D eigenvalue weighted by Gasteiger charge is 2.24. The van der Waals surface area contributed by atoms with E-state index in [4.69, 9.17) is 4.74 Å². The van der Waals surface area contributed by atoms with Crippen molar-refractivity contribution in [2.75, 3.05) is 0 Å². The van der Waals surface area contributed by atoms with Gasteiger partial charge in [0.05, 0.1) is 5.51 Å². The third-order valence-corrected chi connectivity index (χ3v) is 4.28. The van der Waals surface area contributed by atoms with Crippen molar-refractivity contribution in [3.05, 3.63) is 16.6 Å². The summed E-state index contributed by atoms with van der Waals surface area (Å²) in [7, 11) is 0. The Balaban J connectivity index is 1.65. The minimum Gasteiger partial charge on any atom is -0.444 e. The third kappa shape index (κ3) is 6.01. The number of rotatable bonds is 4. The van der Waals surface area contributed by atoms with Crippen molar-refractivity contribution < 1.29 is 9.53 Å². The zero-order valence-corrected chi connectivity index (χ0v) is 13.8. The number of amides is 1. The number of nitrogens with zero attached hydrogens (tertiary/aromatic N) is 1. The predicted octanol–water partition coefficient (Wildman–Crippen LogP) is 3.07. The highest BCUT2D eigenvalue weighted by molar-refractivity contribution is 7.09. The molecule has 1 aliphatic carbocycles. The molecule has 2 rings (SSSR count). The van der Waals surface area contributed by atoms with E-state index in [0.717, 1.165) is 32.2 Å². The number of ether oxygens (including phenoxy) is 1. The number of thiazole rings is 1. The molecule has 1 fully saturated rings. The maximum absolute atomic E-state index is 11.7. The molecule has 5 nitrogen and oxygen atoms in total. The fourth-order valence-corrected chi connectivity index (χ4v) is 3.04. The van der Waals surface area contributed by atoms with Gasteiger partial charge in [0.25, 0.3) is 0 Å². The minimum absolute atomic E-state index is 0.237. The van der Waals surface area contributed by atoms with Crippen molar-refractivity contribution in [1.82, 2.24) is 15.6 Å². The summed E-state index contributed by atoms with van der Waals surface area (Å²) in [6.45, 7) is 6.53. The van der Waals surface area contributed by atoms with Crippen LogP contribution >= 0.6 is 11.3 Å². The first-order chi connectivity index (χ1) is 9.92. The molecule has 0 aromatic carbocycles. The van der Waals surface area contributed by atoms with Gasteiger partial charge in [-0.05, 0) is 46.5 Å². The summed E-state index contributed by atoms with van der Waals surface area (Å²) in [5, 5.41) is 6.53. The van der Waals surface area contributed by atoms with Crippen molar-refractivity contribution in [3.8, 4) is 0 Å². The average Bonchev–Trinajstić information content (AvgIpc) is 2.89. The Morgan fingerprint density at radius 2 is 2.00 bits per heavy atom. The second-order valence-corrected chi connectivity index (χ2v) is 7.51. The van der Waals surface area contributed by atoms with Crippen LogP contribution in [0.15, 0.2) is 11.7 Å². The van der Waals surface area contributed by atoms with E-state index in [1.54, 1.807) is 11.3 Å². The van der Waals surface area contributed by atoms with E-state index >= 15 is 0 Å². The van der Waals surface area contributed by atoms with E-state index in [0.29, 0.717) is 6.04 Å². The standard InChI is InChI=1S/C15H25N3O2S/c1-15(2,3)20-14(19)18-12-6-4-11(5-7-12)17-9-13-8-16-10-21-13/h8,10-12,17H,4-7,9H2,1-3H3,(H,18,19). The molecule has 118 valence electrons. The Hall–Kier alpha value is -1.14. The number of aromatic nitrogens is 1. The second-order valence-electron chi connectivity index (χ2n) is 6.54. The molecular formula is C15H25N3O2S. The quantitative estimate of drug-likeness (QED) is 0.897. The summed E-state index contributed by atoms with van der Waals surface area (Å²) < 4.78 is 5.29. The van der Waals surface area contributed by atoms with E-state index in [1.165, 1.54) is 4.88 Å². The molecular weight excluding hydrogens is 286 g/mol. The van der Waals surface area contributed by atoms with Crippen LogP contribution in [0.25, 0.3) is 0 Å². The van der Waals surface area contributed by atoms with E-state index in [9.17, 15) is 4.79 Å². The molecule has 2 N–H and O–H groups in total. The Kier molecular flexibility index (Phi) is 5.58. The Morgan fingerprint density at radius 1 is 1.33 bits per heavy atom. The lowest BCUT2D eigenvalue weighted by Gasteiger charge is -2.30. The molecule has 1 aromatic heterocycles. The monoisotopic (exact) mass is 311 g/mol. The fourth-order valence-electron chi connectivity index (χ4n) is 2.49. The van der Waals surface area contributed by atoms with Gasteiger partial charge in [0.2, 0.25) is 0 Å². The van der Waals surface area contributed by atoms with Crippen LogP contribution in [0.4, 0.5) is 4.79 Å². The van der Waals surface area contributed by atoms with Gasteiger partial charge < -0.3 is 15.4 Å². The van der Waals surface area contributed by atoms with Gasteiger partial charge in [0.1, 0.15) is 5.60 Å². The summed E-state index contributed by atoms with van der Waals surface area (Å²) >= 11 is 1.68. The van der Waals surface area contributed by atoms with Gasteiger partial charge in [-0.3, -0.25) is 4.98 Å². The number of hydrogen-bond donors (Lipinski definition) is 2. The molecule has 0 bridgehead atoms. The molecule has 0 aliphatic heterocycles. The Labute approximate surface area is 130 Å². The molecule has 0 radical (unpaired) electrons. The van der Waals surface area contributed by atoms with Crippen molar-refractivity contribution in [1.29, 1.82) is 0 Å². The number of alkyl carbamates (subject to hydrolysis) is 1. The van der Waals surface area contributed by atoms with Gasteiger partial charge in [0.15, 0.2) is 0 Å². The molecule has 1 aromatic rings. The smallest absolute Gasteiger partial charge is 0.407 e. The average molecular weight is 311 g/mol. The van der Waals surface area contributed by atoms with Gasteiger partial charge in [-0.25, -0.2) is 4.79 Å². The van der Waals surface area contributed by atoms with Crippen LogP contribution in [0.1, 0.15) is 51.3 Å². The first-order valence-electron chi connectivity index (χ1n) is 7.52. The van der Waals surface area contributed by atoms with Gasteiger partial charge in [-0.15, -0.1) is 11.3 Å². The summed E-state index contributed by atoms with van der Waals surface area (Å²) in [6, 6.07) is 0.769. The molecule has 0 unspecified atom stereocenters. The number of nitrogens with one attached hydrogen (secondary N) is 2. The zero-order valence-electron chi connectivity index (χ0n) is 13.0. The Morgan fingerprint density at radius 3 is 2.57 bits per heavy atom. The van der Waals surface area contributed by atoms with E-state index in [1.807, 2.05) is 32.5 Å². The summed E-state index contributed by atoms with van der Waals surface area (Å²) in [4.78, 5) is 17.1. The molecule has 1 aliphatic rings. The SMILES string of the molecule is CC(C)(C)OC(=O)NC1CCC(NCc2cncs2)CC1. The fraction of sp³-hybridized carbons (Fsp3) is 0.733. The van der Waals surface area contributed by atoms with Crippen LogP contribution in [0.3, 0.4) is 0 Å². The largest absolute Gasteiger partial charge is 0.444 e. The molecule has 1 heterocycles. The summed E-state index contributed by atoms with van der Waals surface area (Å²) in [5.74, 6) is 0. The maximum Gasteiger partial charge on any atom is 0.407 e. The van der Waals surface area contributed by atoms with Crippen LogP contribution in [-0.4, -0.2) is 28.8 Å². The summed E-state index contributed by atoms with van der Waals surface area (Å²) in [5.41, 5.74) is 1.43. The van der Waals surface area contributed by atoms with Gasteiger partial charge in [-0.2, -0.15) is 0 Å². The lowest BCUT2D eigenvalue weighted by Crippen LogP contribution is -2.43. The number of carbonyl (C=O) groups is 1. The lowest BCUT2D eigenvalue weighted by molar-refractivity contribution is 0.0490. The third-order valence-electron chi connectivity index (χ3n) is 3.50. The minimum atomic E-state index is -0.433. The molecule has 0 saturated heterocycles. The van der Waals surface area contributed by atoms with Crippen LogP contribution in [0.2, 0.25) is 0 Å². The molecule has 0 spiro atoms. The molecule has 1 amide bonds. The molecule has 21 heavy (non-hydrogen) atoms. The van der Waals surface area contributed by atoms with E-state index in [-0.39, 0.29) is 12.1 Å². The first kappa shape index (κ1) is 16.2. The van der Waals surface area contributed by atoms with E-state index in [2.05, 4.69) is 15.6 Å². The normalized spacial score (nSPS) is 22.8. The van der Waals surface area contributed by atoms with Gasteiger partial charge >= 0.3 is 6.09 Å². The lowest BCUT2D eigenvalue weighted by atomic mass is 9.91. The van der Waals surface area contributed by atoms with E-state index < -0.39 is 5.60 Å². The van der Waals surface area contributed by atoms with Crippen LogP contribution in [0.5, 0.6) is 0 Å². The van der Waals surface area contributed by atoms with Gasteiger partial charge in [0, 0.05) is 29.7 Å². The second kappa shape index (κ2) is 7.22. The van der Waals surface area contributed by atoms with Crippen molar-refractivity contribution in [2.24, 2.45) is 0 Å².